The number of aliphatic hydroxyl groups is 1. The number of aliphatic hydroxyl groups excluding tert-OH is 1. The van der Waals surface area contributed by atoms with Crippen molar-refractivity contribution in [3.8, 4) is 0 Å². The largest absolute Gasteiger partial charge is 0.469 e. The topological polar surface area (TPSA) is 79.0 Å². The number of halogens is 1. The number of furan rings is 1. The van der Waals surface area contributed by atoms with Crippen LogP contribution in [0.5, 0.6) is 0 Å². The molecule has 1 aromatic rings. The van der Waals surface area contributed by atoms with Crippen LogP contribution in [0.4, 0.5) is 0 Å². The van der Waals surface area contributed by atoms with E-state index in [0.717, 1.165) is 18.6 Å². The summed E-state index contributed by atoms with van der Waals surface area (Å²) >= 11 is 0. The Bertz CT molecular complexity index is 368. The van der Waals surface area contributed by atoms with Crippen molar-refractivity contribution in [1.82, 2.24) is 10.6 Å². The number of nitrogens with one attached hydrogen (secondary N) is 2. The Kier molecular flexibility index (Phi) is 12.4. The highest BCUT2D eigenvalue weighted by Crippen LogP contribution is 1.99. The quantitative estimate of drug-likeness (QED) is 0.248. The van der Waals surface area contributed by atoms with Crippen LogP contribution >= 0.6 is 24.0 Å². The first-order chi connectivity index (χ1) is 9.80. The van der Waals surface area contributed by atoms with Gasteiger partial charge in [0, 0.05) is 20.1 Å². The number of rotatable bonds is 9. The van der Waals surface area contributed by atoms with Gasteiger partial charge < -0.3 is 24.9 Å². The predicted octanol–water partition coefficient (Wildman–Crippen LogP) is 1.39. The van der Waals surface area contributed by atoms with Gasteiger partial charge in [0.15, 0.2) is 5.96 Å². The average molecular weight is 411 g/mol. The lowest BCUT2D eigenvalue weighted by Crippen LogP contribution is -2.45. The molecule has 0 fully saturated rings. The third-order valence-corrected chi connectivity index (χ3v) is 2.86. The zero-order valence-corrected chi connectivity index (χ0v) is 15.0. The summed E-state index contributed by atoms with van der Waals surface area (Å²) in [6.07, 6.45) is 3.29. The van der Waals surface area contributed by atoms with E-state index in [1.54, 1.807) is 13.4 Å². The van der Waals surface area contributed by atoms with Crippen LogP contribution in [0.15, 0.2) is 27.8 Å². The summed E-state index contributed by atoms with van der Waals surface area (Å²) in [5.74, 6) is 1.62. The molecule has 0 aliphatic rings. The first-order valence-electron chi connectivity index (χ1n) is 6.97. The average Bonchev–Trinajstić information content (AvgIpc) is 2.97. The Labute approximate surface area is 143 Å². The summed E-state index contributed by atoms with van der Waals surface area (Å²) in [5.41, 5.74) is 0. The molecule has 122 valence electrons. The van der Waals surface area contributed by atoms with Crippen LogP contribution in [0.2, 0.25) is 0 Å². The number of methoxy groups -OCH3 is 1. The van der Waals surface area contributed by atoms with Crippen molar-refractivity contribution in [3.05, 3.63) is 24.2 Å². The molecular weight excluding hydrogens is 385 g/mol. The van der Waals surface area contributed by atoms with Gasteiger partial charge in [-0.05, 0) is 18.6 Å². The van der Waals surface area contributed by atoms with Gasteiger partial charge in [0.25, 0.3) is 0 Å². The summed E-state index contributed by atoms with van der Waals surface area (Å²) in [4.78, 5) is 4.40. The zero-order valence-electron chi connectivity index (χ0n) is 12.7. The monoisotopic (exact) mass is 411 g/mol. The Morgan fingerprint density at radius 2 is 2.33 bits per heavy atom. The van der Waals surface area contributed by atoms with Crippen molar-refractivity contribution >= 4 is 29.9 Å². The van der Waals surface area contributed by atoms with Gasteiger partial charge in [-0.3, -0.25) is 4.99 Å². The highest BCUT2D eigenvalue weighted by atomic mass is 127. The SMILES string of the molecule is CC[C@H](CO)NC(=NCCOC)NCCc1ccco1.I. The number of guanidine groups is 1. The van der Waals surface area contributed by atoms with Crippen LogP contribution in [0.1, 0.15) is 19.1 Å². The summed E-state index contributed by atoms with van der Waals surface area (Å²) in [7, 11) is 1.65. The fraction of sp³-hybridized carbons (Fsp3) is 0.643. The number of aliphatic imine (C=N–C) groups is 1. The van der Waals surface area contributed by atoms with Gasteiger partial charge in [-0.1, -0.05) is 6.92 Å². The second kappa shape index (κ2) is 12.9. The highest BCUT2D eigenvalue weighted by molar-refractivity contribution is 14.0. The minimum Gasteiger partial charge on any atom is -0.469 e. The van der Waals surface area contributed by atoms with Crippen molar-refractivity contribution in [2.75, 3.05) is 33.4 Å². The molecule has 0 saturated carbocycles. The van der Waals surface area contributed by atoms with Crippen LogP contribution in [-0.2, 0) is 11.2 Å². The lowest BCUT2D eigenvalue weighted by atomic mass is 10.2. The van der Waals surface area contributed by atoms with Gasteiger partial charge in [-0.25, -0.2) is 0 Å². The molecule has 0 radical (unpaired) electrons. The third kappa shape index (κ3) is 8.94. The Hall–Kier alpha value is -0.800. The molecule has 1 rings (SSSR count). The van der Waals surface area contributed by atoms with Gasteiger partial charge >= 0.3 is 0 Å². The van der Waals surface area contributed by atoms with E-state index >= 15 is 0 Å². The minimum atomic E-state index is 0. The molecule has 0 aliphatic carbocycles. The van der Waals surface area contributed by atoms with Crippen molar-refractivity contribution in [2.45, 2.75) is 25.8 Å². The lowest BCUT2D eigenvalue weighted by Gasteiger charge is -2.18. The summed E-state index contributed by atoms with van der Waals surface area (Å²) in [5, 5.41) is 15.7. The molecule has 1 atom stereocenters. The standard InChI is InChI=1S/C14H25N3O3.HI/c1-3-12(11-18)17-14(16-8-10-19-2)15-7-6-13-5-4-9-20-13;/h4-5,9,12,18H,3,6-8,10-11H2,1-2H3,(H2,15,16,17);1H/t12-;/m1./s1. The minimum absolute atomic E-state index is 0. The Morgan fingerprint density at radius 1 is 1.52 bits per heavy atom. The van der Waals surface area contributed by atoms with E-state index in [9.17, 15) is 5.11 Å². The van der Waals surface area contributed by atoms with Crippen LogP contribution < -0.4 is 10.6 Å². The van der Waals surface area contributed by atoms with E-state index < -0.39 is 0 Å². The van der Waals surface area contributed by atoms with Crippen LogP contribution in [0.3, 0.4) is 0 Å². The van der Waals surface area contributed by atoms with E-state index in [1.165, 1.54) is 0 Å². The van der Waals surface area contributed by atoms with Gasteiger partial charge in [0.2, 0.25) is 0 Å². The number of ether oxygens (including phenoxy) is 1. The molecule has 0 saturated heterocycles. The zero-order chi connectivity index (χ0) is 14.6. The molecule has 21 heavy (non-hydrogen) atoms. The first-order valence-corrected chi connectivity index (χ1v) is 6.97. The molecule has 0 unspecified atom stereocenters. The molecule has 1 heterocycles. The van der Waals surface area contributed by atoms with E-state index in [1.807, 2.05) is 19.1 Å². The molecular formula is C14H26IN3O3. The molecule has 0 bridgehead atoms. The number of nitrogens with zero attached hydrogens (tertiary/aromatic N) is 1. The van der Waals surface area contributed by atoms with Crippen molar-refractivity contribution in [3.63, 3.8) is 0 Å². The molecule has 7 heteroatoms. The highest BCUT2D eigenvalue weighted by Gasteiger charge is 2.07. The number of hydrogen-bond donors (Lipinski definition) is 3. The Balaban J connectivity index is 0.00000400. The molecule has 0 spiro atoms. The number of hydrogen-bond acceptors (Lipinski definition) is 4. The van der Waals surface area contributed by atoms with Crippen LogP contribution in [-0.4, -0.2) is 50.5 Å². The van der Waals surface area contributed by atoms with E-state index in [0.29, 0.717) is 25.7 Å². The van der Waals surface area contributed by atoms with Gasteiger partial charge in [0.05, 0.1) is 32.1 Å². The molecule has 0 amide bonds. The van der Waals surface area contributed by atoms with Crippen LogP contribution in [0.25, 0.3) is 0 Å². The maximum absolute atomic E-state index is 9.24. The van der Waals surface area contributed by atoms with Gasteiger partial charge in [-0.2, -0.15) is 0 Å². The first kappa shape index (κ1) is 20.2. The fourth-order valence-corrected chi connectivity index (χ4v) is 1.63. The van der Waals surface area contributed by atoms with Crippen LogP contribution in [0, 0.1) is 0 Å². The lowest BCUT2D eigenvalue weighted by molar-refractivity contribution is 0.207. The van der Waals surface area contributed by atoms with E-state index in [2.05, 4.69) is 15.6 Å². The molecule has 1 aromatic heterocycles. The second-order valence-electron chi connectivity index (χ2n) is 4.41. The normalized spacial score (nSPS) is 12.6. The van der Waals surface area contributed by atoms with Gasteiger partial charge in [0.1, 0.15) is 5.76 Å². The molecule has 6 nitrogen and oxygen atoms in total. The second-order valence-corrected chi connectivity index (χ2v) is 4.41. The van der Waals surface area contributed by atoms with Crippen molar-refractivity contribution < 1.29 is 14.3 Å². The summed E-state index contributed by atoms with van der Waals surface area (Å²) in [6.45, 7) is 3.97. The summed E-state index contributed by atoms with van der Waals surface area (Å²) in [6, 6.07) is 3.83. The predicted molar refractivity (Wildman–Crippen MR) is 94.3 cm³/mol. The fourth-order valence-electron chi connectivity index (χ4n) is 1.63. The smallest absolute Gasteiger partial charge is 0.191 e. The van der Waals surface area contributed by atoms with E-state index in [-0.39, 0.29) is 36.6 Å². The molecule has 0 aliphatic heterocycles. The maximum Gasteiger partial charge on any atom is 0.191 e. The van der Waals surface area contributed by atoms with E-state index in [4.69, 9.17) is 9.15 Å². The third-order valence-electron chi connectivity index (χ3n) is 2.86. The summed E-state index contributed by atoms with van der Waals surface area (Å²) < 4.78 is 10.3. The Morgan fingerprint density at radius 3 is 2.90 bits per heavy atom. The molecule has 0 aromatic carbocycles. The van der Waals surface area contributed by atoms with Crippen molar-refractivity contribution in [1.29, 1.82) is 0 Å². The molecule has 3 N–H and O–H groups in total. The van der Waals surface area contributed by atoms with Gasteiger partial charge in [-0.15, -0.1) is 24.0 Å². The van der Waals surface area contributed by atoms with Crippen molar-refractivity contribution in [2.24, 2.45) is 4.99 Å². The maximum atomic E-state index is 9.24.